The maximum atomic E-state index is 6.18. The monoisotopic (exact) mass is 289 g/mol. The molecule has 0 heterocycles. The Morgan fingerprint density at radius 3 is 2.72 bits per heavy atom. The van der Waals surface area contributed by atoms with Crippen molar-refractivity contribution in [2.45, 2.75) is 32.7 Å². The van der Waals surface area contributed by atoms with E-state index in [2.05, 4.69) is 12.2 Å². The van der Waals surface area contributed by atoms with Gasteiger partial charge in [0, 0.05) is 29.3 Å². The third kappa shape index (κ3) is 5.57. The van der Waals surface area contributed by atoms with Gasteiger partial charge in [-0.05, 0) is 50.1 Å². The number of likely N-dealkylation sites (N-methyl/N-ethyl adjacent to an activating group) is 1. The van der Waals surface area contributed by atoms with E-state index in [9.17, 15) is 0 Å². The molecule has 0 aromatic heterocycles. The maximum absolute atomic E-state index is 6.18. The van der Waals surface area contributed by atoms with Crippen LogP contribution in [-0.2, 0) is 11.2 Å². The standard InChI is InChI=1S/C14H21Cl2NO/c1-3-17-13(7-8-18-4-2)10-11-9-12(15)5-6-14(11)16/h5-6,9,13,17H,3-4,7-8,10H2,1-2H3. The van der Waals surface area contributed by atoms with Crippen LogP contribution >= 0.6 is 23.2 Å². The average Bonchev–Trinajstić information content (AvgIpc) is 2.34. The van der Waals surface area contributed by atoms with Crippen molar-refractivity contribution in [2.75, 3.05) is 19.8 Å². The molecule has 1 aromatic carbocycles. The third-order valence-electron chi connectivity index (χ3n) is 2.78. The second-order valence-electron chi connectivity index (χ2n) is 4.18. The summed E-state index contributed by atoms with van der Waals surface area (Å²) in [4.78, 5) is 0. The molecule has 1 aromatic rings. The van der Waals surface area contributed by atoms with Gasteiger partial charge in [0.2, 0.25) is 0 Å². The van der Waals surface area contributed by atoms with Gasteiger partial charge in [-0.15, -0.1) is 0 Å². The van der Waals surface area contributed by atoms with Gasteiger partial charge in [0.1, 0.15) is 0 Å². The van der Waals surface area contributed by atoms with Crippen LogP contribution in [0.4, 0.5) is 0 Å². The Morgan fingerprint density at radius 1 is 1.28 bits per heavy atom. The Morgan fingerprint density at radius 2 is 2.06 bits per heavy atom. The number of benzene rings is 1. The Labute approximate surface area is 120 Å². The van der Waals surface area contributed by atoms with Gasteiger partial charge < -0.3 is 10.1 Å². The second-order valence-corrected chi connectivity index (χ2v) is 5.02. The van der Waals surface area contributed by atoms with Gasteiger partial charge in [0.25, 0.3) is 0 Å². The van der Waals surface area contributed by atoms with E-state index in [4.69, 9.17) is 27.9 Å². The number of ether oxygens (including phenoxy) is 1. The molecule has 0 aliphatic rings. The molecule has 102 valence electrons. The minimum atomic E-state index is 0.373. The van der Waals surface area contributed by atoms with Gasteiger partial charge in [-0.25, -0.2) is 0 Å². The van der Waals surface area contributed by atoms with Crippen molar-refractivity contribution in [1.29, 1.82) is 0 Å². The summed E-state index contributed by atoms with van der Waals surface area (Å²) in [6.07, 6.45) is 1.85. The van der Waals surface area contributed by atoms with E-state index in [1.807, 2.05) is 25.1 Å². The average molecular weight is 290 g/mol. The molecule has 0 radical (unpaired) electrons. The Hall–Kier alpha value is -0.280. The Bertz CT molecular complexity index is 358. The number of nitrogens with one attached hydrogen (secondary N) is 1. The minimum Gasteiger partial charge on any atom is -0.382 e. The van der Waals surface area contributed by atoms with Crippen LogP contribution in [0.15, 0.2) is 18.2 Å². The predicted molar refractivity (Wildman–Crippen MR) is 78.7 cm³/mol. The first-order chi connectivity index (χ1) is 8.67. The fraction of sp³-hybridized carbons (Fsp3) is 0.571. The van der Waals surface area contributed by atoms with Crippen molar-refractivity contribution in [2.24, 2.45) is 0 Å². The molecular formula is C14H21Cl2NO. The quantitative estimate of drug-likeness (QED) is 0.732. The zero-order chi connectivity index (χ0) is 13.4. The smallest absolute Gasteiger partial charge is 0.0480 e. The van der Waals surface area contributed by atoms with Crippen molar-refractivity contribution in [1.82, 2.24) is 5.32 Å². The fourth-order valence-electron chi connectivity index (χ4n) is 1.90. The van der Waals surface area contributed by atoms with E-state index >= 15 is 0 Å². The summed E-state index contributed by atoms with van der Waals surface area (Å²) < 4.78 is 5.40. The van der Waals surface area contributed by atoms with E-state index in [-0.39, 0.29) is 0 Å². The highest BCUT2D eigenvalue weighted by atomic mass is 35.5. The molecule has 0 spiro atoms. The largest absolute Gasteiger partial charge is 0.382 e. The summed E-state index contributed by atoms with van der Waals surface area (Å²) in [6.45, 7) is 6.58. The minimum absolute atomic E-state index is 0.373. The molecule has 1 unspecified atom stereocenters. The van der Waals surface area contributed by atoms with Crippen LogP contribution in [0.25, 0.3) is 0 Å². The lowest BCUT2D eigenvalue weighted by Gasteiger charge is -2.18. The van der Waals surface area contributed by atoms with Gasteiger partial charge in [0.05, 0.1) is 0 Å². The highest BCUT2D eigenvalue weighted by molar-refractivity contribution is 6.33. The van der Waals surface area contributed by atoms with Crippen LogP contribution in [-0.4, -0.2) is 25.8 Å². The number of halogens is 2. The molecule has 1 rings (SSSR count). The van der Waals surface area contributed by atoms with Crippen LogP contribution in [0.2, 0.25) is 10.0 Å². The van der Waals surface area contributed by atoms with Gasteiger partial charge in [-0.2, -0.15) is 0 Å². The fourth-order valence-corrected chi connectivity index (χ4v) is 2.29. The Balaban J connectivity index is 2.60. The van der Waals surface area contributed by atoms with E-state index in [0.717, 1.165) is 48.2 Å². The molecule has 18 heavy (non-hydrogen) atoms. The molecule has 0 saturated heterocycles. The summed E-state index contributed by atoms with van der Waals surface area (Å²) in [7, 11) is 0. The van der Waals surface area contributed by atoms with Crippen molar-refractivity contribution in [3.63, 3.8) is 0 Å². The zero-order valence-electron chi connectivity index (χ0n) is 11.0. The molecular weight excluding hydrogens is 269 g/mol. The van der Waals surface area contributed by atoms with E-state index in [1.54, 1.807) is 0 Å². The molecule has 0 aliphatic heterocycles. The summed E-state index contributed by atoms with van der Waals surface area (Å²) in [5.41, 5.74) is 1.09. The Kier molecular flexibility index (Phi) is 7.68. The molecule has 4 heteroatoms. The van der Waals surface area contributed by atoms with Crippen molar-refractivity contribution in [3.8, 4) is 0 Å². The summed E-state index contributed by atoms with van der Waals surface area (Å²) in [5, 5.41) is 4.96. The van der Waals surface area contributed by atoms with Crippen LogP contribution < -0.4 is 5.32 Å². The van der Waals surface area contributed by atoms with Gasteiger partial charge in [0.15, 0.2) is 0 Å². The molecule has 0 bridgehead atoms. The van der Waals surface area contributed by atoms with Crippen LogP contribution in [0, 0.1) is 0 Å². The lowest BCUT2D eigenvalue weighted by molar-refractivity contribution is 0.136. The maximum Gasteiger partial charge on any atom is 0.0480 e. The molecule has 0 saturated carbocycles. The van der Waals surface area contributed by atoms with Gasteiger partial charge in [-0.3, -0.25) is 0 Å². The van der Waals surface area contributed by atoms with Crippen molar-refractivity contribution in [3.05, 3.63) is 33.8 Å². The number of rotatable bonds is 8. The lowest BCUT2D eigenvalue weighted by Crippen LogP contribution is -2.32. The van der Waals surface area contributed by atoms with Crippen molar-refractivity contribution >= 4 is 23.2 Å². The topological polar surface area (TPSA) is 21.3 Å². The van der Waals surface area contributed by atoms with E-state index in [1.165, 1.54) is 0 Å². The van der Waals surface area contributed by atoms with Crippen molar-refractivity contribution < 1.29 is 4.74 Å². The summed E-state index contributed by atoms with van der Waals surface area (Å²) in [5.74, 6) is 0. The number of hydrogen-bond donors (Lipinski definition) is 1. The van der Waals surface area contributed by atoms with Crippen LogP contribution in [0.1, 0.15) is 25.8 Å². The molecule has 1 N–H and O–H groups in total. The first-order valence-corrected chi connectivity index (χ1v) is 7.18. The lowest BCUT2D eigenvalue weighted by atomic mass is 10.0. The SMILES string of the molecule is CCNC(CCOCC)Cc1cc(Cl)ccc1Cl. The predicted octanol–water partition coefficient (Wildman–Crippen LogP) is 3.94. The molecule has 0 aliphatic carbocycles. The highest BCUT2D eigenvalue weighted by Crippen LogP contribution is 2.22. The van der Waals surface area contributed by atoms with Crippen LogP contribution in [0.3, 0.4) is 0 Å². The molecule has 1 atom stereocenters. The summed E-state index contributed by atoms with van der Waals surface area (Å²) in [6, 6.07) is 5.98. The first kappa shape index (κ1) is 15.8. The van der Waals surface area contributed by atoms with E-state index < -0.39 is 0 Å². The van der Waals surface area contributed by atoms with Gasteiger partial charge in [-0.1, -0.05) is 30.1 Å². The first-order valence-electron chi connectivity index (χ1n) is 6.42. The molecule has 0 fully saturated rings. The zero-order valence-corrected chi connectivity index (χ0v) is 12.5. The molecule has 2 nitrogen and oxygen atoms in total. The third-order valence-corrected chi connectivity index (χ3v) is 3.39. The normalized spacial score (nSPS) is 12.7. The van der Waals surface area contributed by atoms with Crippen LogP contribution in [0.5, 0.6) is 0 Å². The van der Waals surface area contributed by atoms with Gasteiger partial charge >= 0.3 is 0 Å². The number of hydrogen-bond acceptors (Lipinski definition) is 2. The second kappa shape index (κ2) is 8.76. The highest BCUT2D eigenvalue weighted by Gasteiger charge is 2.11. The van der Waals surface area contributed by atoms with E-state index in [0.29, 0.717) is 6.04 Å². The molecule has 0 amide bonds. The summed E-state index contributed by atoms with van der Waals surface area (Å²) >= 11 is 12.2.